The molecule has 1 aromatic carbocycles. The van der Waals surface area contributed by atoms with Gasteiger partial charge in [0.2, 0.25) is 0 Å². The van der Waals surface area contributed by atoms with Crippen LogP contribution in [0.15, 0.2) is 28.7 Å². The number of aldehydes is 1. The highest BCUT2D eigenvalue weighted by atomic mass is 19.1. The maximum atomic E-state index is 13.2. The standard InChI is InChI=1S/C14H11FO5/c1-8-13(14(17)18)5-12(20-8)7-19-11-3-9(6-16)2-10(15)4-11/h2-6H,7H2,1H3,(H,17,18). The van der Waals surface area contributed by atoms with Crippen LogP contribution in [0, 0.1) is 12.7 Å². The van der Waals surface area contributed by atoms with E-state index < -0.39 is 11.8 Å². The van der Waals surface area contributed by atoms with E-state index in [2.05, 4.69) is 0 Å². The van der Waals surface area contributed by atoms with Gasteiger partial charge in [0, 0.05) is 11.6 Å². The van der Waals surface area contributed by atoms with Gasteiger partial charge >= 0.3 is 5.97 Å². The molecule has 0 aliphatic rings. The lowest BCUT2D eigenvalue weighted by molar-refractivity contribution is 0.0695. The third kappa shape index (κ3) is 3.03. The van der Waals surface area contributed by atoms with Crippen molar-refractivity contribution in [2.45, 2.75) is 13.5 Å². The predicted molar refractivity (Wildman–Crippen MR) is 66.5 cm³/mol. The molecule has 0 saturated carbocycles. The van der Waals surface area contributed by atoms with Gasteiger partial charge in [-0.15, -0.1) is 0 Å². The van der Waals surface area contributed by atoms with Crippen LogP contribution in [-0.4, -0.2) is 17.4 Å². The van der Waals surface area contributed by atoms with Crippen molar-refractivity contribution >= 4 is 12.3 Å². The Morgan fingerprint density at radius 2 is 2.15 bits per heavy atom. The SMILES string of the molecule is Cc1oc(COc2cc(F)cc(C=O)c2)cc1C(=O)O. The minimum atomic E-state index is -1.09. The van der Waals surface area contributed by atoms with Crippen molar-refractivity contribution in [1.29, 1.82) is 0 Å². The number of furan rings is 1. The lowest BCUT2D eigenvalue weighted by Gasteiger charge is -2.04. The minimum absolute atomic E-state index is 0.0522. The predicted octanol–water partition coefficient (Wildman–Crippen LogP) is 2.82. The lowest BCUT2D eigenvalue weighted by atomic mass is 10.2. The smallest absolute Gasteiger partial charge is 0.339 e. The van der Waals surface area contributed by atoms with E-state index in [1.165, 1.54) is 19.1 Å². The lowest BCUT2D eigenvalue weighted by Crippen LogP contribution is -1.97. The summed E-state index contributed by atoms with van der Waals surface area (Å²) in [4.78, 5) is 21.5. The molecule has 20 heavy (non-hydrogen) atoms. The van der Waals surface area contributed by atoms with E-state index in [0.717, 1.165) is 12.1 Å². The second kappa shape index (κ2) is 5.56. The summed E-state index contributed by atoms with van der Waals surface area (Å²) in [6, 6.07) is 4.93. The third-order valence-corrected chi connectivity index (χ3v) is 2.61. The van der Waals surface area contributed by atoms with Gasteiger partial charge in [0.05, 0.1) is 0 Å². The van der Waals surface area contributed by atoms with Crippen LogP contribution in [0.3, 0.4) is 0 Å². The fourth-order valence-corrected chi connectivity index (χ4v) is 1.72. The van der Waals surface area contributed by atoms with Crippen LogP contribution < -0.4 is 4.74 Å². The number of hydrogen-bond acceptors (Lipinski definition) is 4. The molecule has 5 nitrogen and oxygen atoms in total. The van der Waals surface area contributed by atoms with Crippen molar-refractivity contribution < 1.29 is 28.2 Å². The first-order valence-electron chi connectivity index (χ1n) is 5.71. The number of hydrogen-bond donors (Lipinski definition) is 1. The van der Waals surface area contributed by atoms with Gasteiger partial charge in [-0.25, -0.2) is 9.18 Å². The van der Waals surface area contributed by atoms with Gasteiger partial charge in [-0.2, -0.15) is 0 Å². The Balaban J connectivity index is 2.12. The Morgan fingerprint density at radius 1 is 1.40 bits per heavy atom. The van der Waals surface area contributed by atoms with Crippen LogP contribution in [0.2, 0.25) is 0 Å². The molecule has 0 saturated heterocycles. The van der Waals surface area contributed by atoms with Crippen LogP contribution in [-0.2, 0) is 6.61 Å². The molecule has 6 heteroatoms. The van der Waals surface area contributed by atoms with Gasteiger partial charge in [0.15, 0.2) is 0 Å². The molecule has 0 bridgehead atoms. The third-order valence-electron chi connectivity index (χ3n) is 2.61. The Kier molecular flexibility index (Phi) is 3.84. The van der Waals surface area contributed by atoms with E-state index in [9.17, 15) is 14.0 Å². The maximum absolute atomic E-state index is 13.2. The first-order chi connectivity index (χ1) is 9.49. The van der Waals surface area contributed by atoms with Crippen LogP contribution in [0.5, 0.6) is 5.75 Å². The van der Waals surface area contributed by atoms with Crippen LogP contribution >= 0.6 is 0 Å². The summed E-state index contributed by atoms with van der Waals surface area (Å²) in [5, 5.41) is 8.88. The summed E-state index contributed by atoms with van der Waals surface area (Å²) in [6.45, 7) is 1.47. The van der Waals surface area contributed by atoms with Crippen molar-refractivity contribution in [3.8, 4) is 5.75 Å². The molecule has 104 valence electrons. The maximum Gasteiger partial charge on any atom is 0.339 e. The van der Waals surface area contributed by atoms with Crippen molar-refractivity contribution in [3.63, 3.8) is 0 Å². The van der Waals surface area contributed by atoms with E-state index in [0.29, 0.717) is 12.0 Å². The number of halogens is 1. The number of rotatable bonds is 5. The van der Waals surface area contributed by atoms with Crippen molar-refractivity contribution in [2.24, 2.45) is 0 Å². The Hall–Kier alpha value is -2.63. The highest BCUT2D eigenvalue weighted by Crippen LogP contribution is 2.19. The van der Waals surface area contributed by atoms with E-state index in [4.69, 9.17) is 14.3 Å². The normalized spacial score (nSPS) is 10.3. The summed E-state index contributed by atoms with van der Waals surface area (Å²) in [6.07, 6.45) is 0.509. The van der Waals surface area contributed by atoms with Crippen molar-refractivity contribution in [1.82, 2.24) is 0 Å². The van der Waals surface area contributed by atoms with Gasteiger partial charge in [-0.3, -0.25) is 4.79 Å². The summed E-state index contributed by atoms with van der Waals surface area (Å²) < 4.78 is 23.7. The van der Waals surface area contributed by atoms with Gasteiger partial charge in [0.1, 0.15) is 41.5 Å². The highest BCUT2D eigenvalue weighted by molar-refractivity contribution is 5.88. The first kappa shape index (κ1) is 13.8. The van der Waals surface area contributed by atoms with E-state index >= 15 is 0 Å². The number of carbonyl (C=O) groups excluding carboxylic acids is 1. The Labute approximate surface area is 113 Å². The molecular weight excluding hydrogens is 267 g/mol. The fraction of sp³-hybridized carbons (Fsp3) is 0.143. The molecule has 0 fully saturated rings. The average Bonchev–Trinajstić information content (AvgIpc) is 2.77. The molecule has 0 spiro atoms. The first-order valence-corrected chi connectivity index (χ1v) is 5.71. The fourth-order valence-electron chi connectivity index (χ4n) is 1.72. The quantitative estimate of drug-likeness (QED) is 0.851. The van der Waals surface area contributed by atoms with Crippen LogP contribution in [0.25, 0.3) is 0 Å². The average molecular weight is 278 g/mol. The molecule has 0 unspecified atom stereocenters. The number of carboxylic acid groups (broad SMARTS) is 1. The summed E-state index contributed by atoms with van der Waals surface area (Å²) in [5.74, 6) is -0.947. The molecule has 0 amide bonds. The summed E-state index contributed by atoms with van der Waals surface area (Å²) in [5.41, 5.74) is 0.207. The number of aryl methyl sites for hydroxylation is 1. The molecule has 1 heterocycles. The van der Waals surface area contributed by atoms with Gasteiger partial charge in [0.25, 0.3) is 0 Å². The second-order valence-corrected chi connectivity index (χ2v) is 4.11. The molecule has 2 aromatic rings. The van der Waals surface area contributed by atoms with E-state index in [1.54, 1.807) is 0 Å². The number of ether oxygens (including phenoxy) is 1. The summed E-state index contributed by atoms with van der Waals surface area (Å²) in [7, 11) is 0. The van der Waals surface area contributed by atoms with E-state index in [-0.39, 0.29) is 29.2 Å². The zero-order valence-electron chi connectivity index (χ0n) is 10.6. The topological polar surface area (TPSA) is 76.7 Å². The molecular formula is C14H11FO5. The Bertz CT molecular complexity index is 660. The molecule has 0 atom stereocenters. The highest BCUT2D eigenvalue weighted by Gasteiger charge is 2.14. The molecule has 1 aromatic heterocycles. The van der Waals surface area contributed by atoms with Crippen LogP contribution in [0.1, 0.15) is 32.2 Å². The zero-order chi connectivity index (χ0) is 14.7. The van der Waals surface area contributed by atoms with Gasteiger partial charge < -0.3 is 14.3 Å². The van der Waals surface area contributed by atoms with Gasteiger partial charge in [-0.05, 0) is 25.1 Å². The van der Waals surface area contributed by atoms with E-state index in [1.807, 2.05) is 0 Å². The molecule has 0 radical (unpaired) electrons. The monoisotopic (exact) mass is 278 g/mol. The largest absolute Gasteiger partial charge is 0.486 e. The molecule has 2 rings (SSSR count). The summed E-state index contributed by atoms with van der Waals surface area (Å²) >= 11 is 0. The zero-order valence-corrected chi connectivity index (χ0v) is 10.6. The van der Waals surface area contributed by atoms with Crippen molar-refractivity contribution in [2.75, 3.05) is 0 Å². The number of carboxylic acids is 1. The molecule has 0 aliphatic heterocycles. The number of carbonyl (C=O) groups is 2. The van der Waals surface area contributed by atoms with Crippen LogP contribution in [0.4, 0.5) is 4.39 Å². The molecule has 0 aliphatic carbocycles. The second-order valence-electron chi connectivity index (χ2n) is 4.11. The van der Waals surface area contributed by atoms with Crippen molar-refractivity contribution in [3.05, 3.63) is 52.7 Å². The number of benzene rings is 1. The van der Waals surface area contributed by atoms with Gasteiger partial charge in [-0.1, -0.05) is 0 Å². The minimum Gasteiger partial charge on any atom is -0.486 e. The number of aromatic carboxylic acids is 1. The molecule has 1 N–H and O–H groups in total. The Morgan fingerprint density at radius 3 is 2.75 bits per heavy atom.